The van der Waals surface area contributed by atoms with E-state index in [1.54, 1.807) is 6.92 Å². The van der Waals surface area contributed by atoms with Gasteiger partial charge in [-0.15, -0.1) is 0 Å². The highest BCUT2D eigenvalue weighted by atomic mass is 16.1. The topological polar surface area (TPSA) is 46.3 Å². The molecule has 2 rings (SSSR count). The molecule has 3 heteroatoms. The maximum Gasteiger partial charge on any atom is 0.159 e. The maximum absolute atomic E-state index is 11.3. The number of benzene rings is 1. The minimum atomic E-state index is 0.132. The third-order valence-electron chi connectivity index (χ3n) is 3.37. The summed E-state index contributed by atoms with van der Waals surface area (Å²) in [4.78, 5) is 13.6. The van der Waals surface area contributed by atoms with E-state index in [2.05, 4.69) is 11.9 Å². The van der Waals surface area contributed by atoms with Crippen LogP contribution in [0.15, 0.2) is 18.2 Å². The number of anilines is 1. The number of nitrogens with two attached hydrogens (primary N) is 1. The van der Waals surface area contributed by atoms with Gasteiger partial charge in [-0.2, -0.15) is 0 Å². The smallest absolute Gasteiger partial charge is 0.159 e. The molecule has 0 spiro atoms. The van der Waals surface area contributed by atoms with E-state index in [4.69, 9.17) is 5.73 Å². The van der Waals surface area contributed by atoms with Gasteiger partial charge in [-0.3, -0.25) is 4.79 Å². The molecule has 0 saturated heterocycles. The lowest BCUT2D eigenvalue weighted by molar-refractivity contribution is 0.101. The highest BCUT2D eigenvalue weighted by Gasteiger charge is 2.25. The summed E-state index contributed by atoms with van der Waals surface area (Å²) in [5.74, 6) is 0.132. The molecule has 1 aromatic carbocycles. The van der Waals surface area contributed by atoms with Crippen LogP contribution in [0.25, 0.3) is 0 Å². The lowest BCUT2D eigenvalue weighted by Crippen LogP contribution is -2.29. The Labute approximate surface area is 96.2 Å². The summed E-state index contributed by atoms with van der Waals surface area (Å²) in [6, 6.07) is 6.46. The summed E-state index contributed by atoms with van der Waals surface area (Å²) in [7, 11) is 2.10. The van der Waals surface area contributed by atoms with Crippen molar-refractivity contribution in [3.63, 3.8) is 0 Å². The second kappa shape index (κ2) is 4.26. The zero-order valence-electron chi connectivity index (χ0n) is 9.86. The highest BCUT2D eigenvalue weighted by molar-refractivity contribution is 5.94. The molecule has 1 aliphatic heterocycles. The zero-order valence-corrected chi connectivity index (χ0v) is 9.86. The van der Waals surface area contributed by atoms with E-state index in [0.29, 0.717) is 12.6 Å². The van der Waals surface area contributed by atoms with E-state index >= 15 is 0 Å². The van der Waals surface area contributed by atoms with Gasteiger partial charge in [0.05, 0.1) is 0 Å². The Hall–Kier alpha value is -1.35. The SMILES string of the molecule is CC(=O)c1ccc2c(c1)CC(CCN)N2C. The number of hydrogen-bond donors (Lipinski definition) is 1. The molecule has 0 saturated carbocycles. The van der Waals surface area contributed by atoms with E-state index in [1.807, 2.05) is 18.2 Å². The van der Waals surface area contributed by atoms with Gasteiger partial charge in [0.2, 0.25) is 0 Å². The fourth-order valence-corrected chi connectivity index (χ4v) is 2.39. The average molecular weight is 218 g/mol. The molecule has 0 aliphatic carbocycles. The quantitative estimate of drug-likeness (QED) is 0.784. The van der Waals surface area contributed by atoms with Gasteiger partial charge >= 0.3 is 0 Å². The lowest BCUT2D eigenvalue weighted by atomic mass is 10.0. The molecule has 0 bridgehead atoms. The number of likely N-dealkylation sites (N-methyl/N-ethyl adjacent to an activating group) is 1. The molecule has 1 aromatic rings. The van der Waals surface area contributed by atoms with Crippen LogP contribution in [0, 0.1) is 0 Å². The van der Waals surface area contributed by atoms with Crippen LogP contribution in [0.5, 0.6) is 0 Å². The van der Waals surface area contributed by atoms with Crippen LogP contribution in [-0.2, 0) is 6.42 Å². The first-order valence-corrected chi connectivity index (χ1v) is 5.70. The predicted molar refractivity (Wildman–Crippen MR) is 66.0 cm³/mol. The molecule has 1 unspecified atom stereocenters. The number of fused-ring (bicyclic) bond motifs is 1. The van der Waals surface area contributed by atoms with Crippen molar-refractivity contribution in [3.8, 4) is 0 Å². The van der Waals surface area contributed by atoms with Gasteiger partial charge in [-0.25, -0.2) is 0 Å². The second-order valence-electron chi connectivity index (χ2n) is 4.45. The van der Waals surface area contributed by atoms with Gasteiger partial charge in [0.15, 0.2) is 5.78 Å². The lowest BCUT2D eigenvalue weighted by Gasteiger charge is -2.21. The van der Waals surface area contributed by atoms with Crippen LogP contribution in [0.1, 0.15) is 29.3 Å². The summed E-state index contributed by atoms with van der Waals surface area (Å²) >= 11 is 0. The monoisotopic (exact) mass is 218 g/mol. The van der Waals surface area contributed by atoms with Crippen LogP contribution in [0.4, 0.5) is 5.69 Å². The Kier molecular flexibility index (Phi) is 2.97. The molecule has 86 valence electrons. The molecule has 1 heterocycles. The van der Waals surface area contributed by atoms with Crippen LogP contribution < -0.4 is 10.6 Å². The molecule has 0 radical (unpaired) electrons. The number of carbonyl (C=O) groups is 1. The van der Waals surface area contributed by atoms with Crippen molar-refractivity contribution >= 4 is 11.5 Å². The van der Waals surface area contributed by atoms with Gasteiger partial charge < -0.3 is 10.6 Å². The summed E-state index contributed by atoms with van der Waals surface area (Å²) < 4.78 is 0. The predicted octanol–water partition coefficient (Wildman–Crippen LogP) is 1.60. The van der Waals surface area contributed by atoms with Gasteiger partial charge in [-0.05, 0) is 50.1 Å². The van der Waals surface area contributed by atoms with E-state index in [-0.39, 0.29) is 5.78 Å². The number of Topliss-reactive ketones (excluding diaryl/α,β-unsaturated/α-hetero) is 1. The molecule has 3 nitrogen and oxygen atoms in total. The molecule has 0 amide bonds. The van der Waals surface area contributed by atoms with Crippen molar-refractivity contribution in [1.29, 1.82) is 0 Å². The van der Waals surface area contributed by atoms with E-state index in [1.165, 1.54) is 11.3 Å². The van der Waals surface area contributed by atoms with Crippen molar-refractivity contribution in [2.75, 3.05) is 18.5 Å². The Morgan fingerprint density at radius 2 is 2.31 bits per heavy atom. The molecule has 16 heavy (non-hydrogen) atoms. The third-order valence-corrected chi connectivity index (χ3v) is 3.37. The first-order valence-electron chi connectivity index (χ1n) is 5.70. The van der Waals surface area contributed by atoms with Crippen molar-refractivity contribution in [2.45, 2.75) is 25.8 Å². The van der Waals surface area contributed by atoms with Crippen molar-refractivity contribution in [1.82, 2.24) is 0 Å². The molecule has 0 fully saturated rings. The minimum absolute atomic E-state index is 0.132. The Balaban J connectivity index is 2.29. The summed E-state index contributed by atoms with van der Waals surface area (Å²) in [5.41, 5.74) is 8.92. The molecule has 0 aromatic heterocycles. The van der Waals surface area contributed by atoms with Gasteiger partial charge in [-0.1, -0.05) is 0 Å². The molecule has 1 aliphatic rings. The van der Waals surface area contributed by atoms with Crippen LogP contribution >= 0.6 is 0 Å². The van der Waals surface area contributed by atoms with Gasteiger partial charge in [0.25, 0.3) is 0 Å². The number of hydrogen-bond acceptors (Lipinski definition) is 3. The van der Waals surface area contributed by atoms with E-state index < -0.39 is 0 Å². The first kappa shape index (κ1) is 11.1. The Morgan fingerprint density at radius 1 is 1.56 bits per heavy atom. The minimum Gasteiger partial charge on any atom is -0.371 e. The Bertz CT molecular complexity index is 414. The number of nitrogens with zero attached hydrogens (tertiary/aromatic N) is 1. The third kappa shape index (κ3) is 1.83. The summed E-state index contributed by atoms with van der Waals surface area (Å²) in [5, 5.41) is 0. The van der Waals surface area contributed by atoms with E-state index in [9.17, 15) is 4.79 Å². The Morgan fingerprint density at radius 3 is 2.94 bits per heavy atom. The largest absolute Gasteiger partial charge is 0.371 e. The van der Waals surface area contributed by atoms with Crippen LogP contribution in [0.3, 0.4) is 0 Å². The molecule has 1 atom stereocenters. The number of ketones is 1. The van der Waals surface area contributed by atoms with Gasteiger partial charge in [0.1, 0.15) is 0 Å². The fourth-order valence-electron chi connectivity index (χ4n) is 2.39. The number of carbonyl (C=O) groups excluding carboxylic acids is 1. The molecular weight excluding hydrogens is 200 g/mol. The van der Waals surface area contributed by atoms with Crippen LogP contribution in [0.2, 0.25) is 0 Å². The second-order valence-corrected chi connectivity index (χ2v) is 4.45. The fraction of sp³-hybridized carbons (Fsp3) is 0.462. The molecule has 2 N–H and O–H groups in total. The molecular formula is C13H18N2O. The standard InChI is InChI=1S/C13H18N2O/c1-9(16)10-3-4-13-11(7-10)8-12(5-6-14)15(13)2/h3-4,7,12H,5-6,8,14H2,1-2H3. The van der Waals surface area contributed by atoms with E-state index in [0.717, 1.165) is 18.4 Å². The van der Waals surface area contributed by atoms with Crippen molar-refractivity contribution < 1.29 is 4.79 Å². The van der Waals surface area contributed by atoms with Crippen LogP contribution in [-0.4, -0.2) is 25.4 Å². The maximum atomic E-state index is 11.3. The summed E-state index contributed by atoms with van der Waals surface area (Å²) in [6.07, 6.45) is 2.00. The van der Waals surface area contributed by atoms with Gasteiger partial charge in [0, 0.05) is 24.3 Å². The summed E-state index contributed by atoms with van der Waals surface area (Å²) in [6.45, 7) is 2.32. The zero-order chi connectivity index (χ0) is 11.7. The van der Waals surface area contributed by atoms with Crippen molar-refractivity contribution in [2.24, 2.45) is 5.73 Å². The highest BCUT2D eigenvalue weighted by Crippen LogP contribution is 2.32. The van der Waals surface area contributed by atoms with Crippen molar-refractivity contribution in [3.05, 3.63) is 29.3 Å². The average Bonchev–Trinajstić information content (AvgIpc) is 2.56. The first-order chi connectivity index (χ1) is 7.63. The number of rotatable bonds is 3. The normalized spacial score (nSPS) is 18.7.